The summed E-state index contributed by atoms with van der Waals surface area (Å²) in [6.07, 6.45) is 2.17. The number of fused-ring (bicyclic) bond motifs is 1. The maximum absolute atomic E-state index is 13.4. The molecule has 1 N–H and O–H groups in total. The van der Waals surface area contributed by atoms with E-state index >= 15 is 0 Å². The SMILES string of the molecule is Fc1cc2c(Cl)ccc(COc3cccc(C4CCNCC4)n3)c2o1. The van der Waals surface area contributed by atoms with Crippen LogP contribution in [0.15, 0.2) is 40.8 Å². The van der Waals surface area contributed by atoms with Crippen molar-refractivity contribution in [2.45, 2.75) is 25.4 Å². The molecule has 4 rings (SSSR count). The summed E-state index contributed by atoms with van der Waals surface area (Å²) >= 11 is 6.08. The molecule has 3 heterocycles. The normalized spacial score (nSPS) is 15.6. The number of rotatable bonds is 4. The topological polar surface area (TPSA) is 47.3 Å². The van der Waals surface area contributed by atoms with Crippen molar-refractivity contribution in [2.24, 2.45) is 0 Å². The Morgan fingerprint density at radius 1 is 1.24 bits per heavy atom. The highest BCUT2D eigenvalue weighted by atomic mass is 35.5. The van der Waals surface area contributed by atoms with Gasteiger partial charge in [-0.15, -0.1) is 0 Å². The third kappa shape index (κ3) is 3.48. The number of hydrogen-bond donors (Lipinski definition) is 1. The van der Waals surface area contributed by atoms with Crippen molar-refractivity contribution in [3.8, 4) is 5.88 Å². The molecule has 1 fully saturated rings. The molecular weight excluding hydrogens is 343 g/mol. The van der Waals surface area contributed by atoms with Crippen LogP contribution in [0.3, 0.4) is 0 Å². The fourth-order valence-electron chi connectivity index (χ4n) is 3.24. The molecule has 2 aromatic heterocycles. The highest BCUT2D eigenvalue weighted by molar-refractivity contribution is 6.35. The van der Waals surface area contributed by atoms with Crippen molar-refractivity contribution in [1.29, 1.82) is 0 Å². The maximum Gasteiger partial charge on any atom is 0.278 e. The van der Waals surface area contributed by atoms with E-state index in [0.717, 1.165) is 37.2 Å². The van der Waals surface area contributed by atoms with Gasteiger partial charge in [-0.1, -0.05) is 23.7 Å². The molecule has 0 saturated carbocycles. The Kier molecular flexibility index (Phi) is 4.59. The van der Waals surface area contributed by atoms with Gasteiger partial charge in [0.05, 0.1) is 5.02 Å². The van der Waals surface area contributed by atoms with Crippen LogP contribution in [0.25, 0.3) is 11.0 Å². The second-order valence-electron chi connectivity index (χ2n) is 6.21. The summed E-state index contributed by atoms with van der Waals surface area (Å²) in [5.41, 5.74) is 2.21. The number of aromatic nitrogens is 1. The first kappa shape index (κ1) is 16.4. The van der Waals surface area contributed by atoms with Crippen LogP contribution in [0, 0.1) is 6.01 Å². The van der Waals surface area contributed by atoms with Crippen LogP contribution in [0.2, 0.25) is 5.02 Å². The first-order valence-electron chi connectivity index (χ1n) is 8.37. The second kappa shape index (κ2) is 7.02. The third-order valence-corrected chi connectivity index (χ3v) is 4.89. The van der Waals surface area contributed by atoms with Crippen molar-refractivity contribution >= 4 is 22.6 Å². The molecule has 0 spiro atoms. The zero-order valence-corrected chi connectivity index (χ0v) is 14.4. The van der Waals surface area contributed by atoms with E-state index in [1.54, 1.807) is 12.1 Å². The smallest absolute Gasteiger partial charge is 0.278 e. The molecule has 130 valence electrons. The van der Waals surface area contributed by atoms with Gasteiger partial charge in [0.1, 0.15) is 12.2 Å². The monoisotopic (exact) mass is 360 g/mol. The van der Waals surface area contributed by atoms with Crippen molar-refractivity contribution in [3.05, 3.63) is 58.7 Å². The van der Waals surface area contributed by atoms with Gasteiger partial charge in [-0.25, -0.2) is 4.98 Å². The summed E-state index contributed by atoms with van der Waals surface area (Å²) in [5, 5.41) is 4.37. The molecule has 1 aliphatic heterocycles. The van der Waals surface area contributed by atoms with E-state index in [-0.39, 0.29) is 6.61 Å². The average molecular weight is 361 g/mol. The molecule has 1 aromatic carbocycles. The van der Waals surface area contributed by atoms with Gasteiger partial charge in [-0.05, 0) is 38.1 Å². The molecule has 0 unspecified atom stereocenters. The predicted molar refractivity (Wildman–Crippen MR) is 94.6 cm³/mol. The molecule has 0 radical (unpaired) electrons. The Morgan fingerprint density at radius 2 is 2.08 bits per heavy atom. The lowest BCUT2D eigenvalue weighted by molar-refractivity contribution is 0.289. The van der Waals surface area contributed by atoms with Crippen molar-refractivity contribution in [2.75, 3.05) is 13.1 Å². The van der Waals surface area contributed by atoms with E-state index in [4.69, 9.17) is 20.8 Å². The Labute approximate surface area is 150 Å². The first-order chi connectivity index (χ1) is 12.2. The highest BCUT2D eigenvalue weighted by Gasteiger charge is 2.17. The first-order valence-corrected chi connectivity index (χ1v) is 8.75. The van der Waals surface area contributed by atoms with Gasteiger partial charge in [0.2, 0.25) is 5.88 Å². The maximum atomic E-state index is 13.4. The quantitative estimate of drug-likeness (QED) is 0.734. The van der Waals surface area contributed by atoms with Crippen LogP contribution < -0.4 is 10.1 Å². The molecule has 4 nitrogen and oxygen atoms in total. The zero-order chi connectivity index (χ0) is 17.2. The van der Waals surface area contributed by atoms with Gasteiger partial charge in [0, 0.05) is 34.7 Å². The van der Waals surface area contributed by atoms with E-state index in [1.807, 2.05) is 18.2 Å². The van der Waals surface area contributed by atoms with Crippen molar-refractivity contribution in [1.82, 2.24) is 10.3 Å². The van der Waals surface area contributed by atoms with E-state index in [9.17, 15) is 4.39 Å². The van der Waals surface area contributed by atoms with Gasteiger partial charge in [0.15, 0.2) is 0 Å². The summed E-state index contributed by atoms with van der Waals surface area (Å²) in [6, 6.07) is 9.98. The summed E-state index contributed by atoms with van der Waals surface area (Å²) in [4.78, 5) is 4.63. The largest absolute Gasteiger partial charge is 0.473 e. The number of furan rings is 1. The minimum atomic E-state index is -0.657. The Bertz CT molecular complexity index is 890. The predicted octanol–water partition coefficient (Wildman–Crippen LogP) is 4.67. The lowest BCUT2D eigenvalue weighted by atomic mass is 9.94. The number of benzene rings is 1. The fourth-order valence-corrected chi connectivity index (χ4v) is 3.44. The summed E-state index contributed by atoms with van der Waals surface area (Å²) in [7, 11) is 0. The van der Waals surface area contributed by atoms with Crippen LogP contribution in [-0.2, 0) is 6.61 Å². The Hall–Kier alpha value is -2.11. The van der Waals surface area contributed by atoms with Gasteiger partial charge in [-0.2, -0.15) is 4.39 Å². The minimum Gasteiger partial charge on any atom is -0.473 e. The fraction of sp³-hybridized carbons (Fsp3) is 0.316. The number of pyridine rings is 1. The summed E-state index contributed by atoms with van der Waals surface area (Å²) < 4.78 is 24.4. The molecule has 0 amide bonds. The molecule has 1 aliphatic rings. The standard InChI is InChI=1S/C19H18ClFN2O2/c20-15-5-4-13(19-14(15)10-17(21)25-19)11-24-18-3-1-2-16(23-18)12-6-8-22-9-7-12/h1-5,10,12,22H,6-9,11H2. The van der Waals surface area contributed by atoms with Crippen LogP contribution in [0.1, 0.15) is 30.0 Å². The molecule has 3 aromatic rings. The van der Waals surface area contributed by atoms with Gasteiger partial charge in [0.25, 0.3) is 6.01 Å². The van der Waals surface area contributed by atoms with Gasteiger partial charge in [-0.3, -0.25) is 0 Å². The molecule has 25 heavy (non-hydrogen) atoms. The average Bonchev–Trinajstić information content (AvgIpc) is 3.05. The molecule has 6 heteroatoms. The van der Waals surface area contributed by atoms with Crippen LogP contribution in [0.5, 0.6) is 5.88 Å². The van der Waals surface area contributed by atoms with Crippen LogP contribution >= 0.6 is 11.6 Å². The number of ether oxygens (including phenoxy) is 1. The van der Waals surface area contributed by atoms with Crippen molar-refractivity contribution < 1.29 is 13.5 Å². The third-order valence-electron chi connectivity index (χ3n) is 4.56. The number of nitrogens with zero attached hydrogens (tertiary/aromatic N) is 1. The van der Waals surface area contributed by atoms with E-state index in [0.29, 0.717) is 27.8 Å². The van der Waals surface area contributed by atoms with E-state index in [2.05, 4.69) is 10.3 Å². The molecule has 1 saturated heterocycles. The molecule has 0 aliphatic carbocycles. The molecule has 0 atom stereocenters. The van der Waals surface area contributed by atoms with Gasteiger partial charge < -0.3 is 14.5 Å². The highest BCUT2D eigenvalue weighted by Crippen LogP contribution is 2.30. The van der Waals surface area contributed by atoms with Crippen LogP contribution in [-0.4, -0.2) is 18.1 Å². The summed E-state index contributed by atoms with van der Waals surface area (Å²) in [6.45, 7) is 2.28. The summed E-state index contributed by atoms with van der Waals surface area (Å²) in [5.74, 6) is 1.03. The van der Waals surface area contributed by atoms with Gasteiger partial charge >= 0.3 is 0 Å². The number of piperidine rings is 1. The lowest BCUT2D eigenvalue weighted by Crippen LogP contribution is -2.27. The molecule has 0 bridgehead atoms. The van der Waals surface area contributed by atoms with E-state index in [1.165, 1.54) is 6.07 Å². The minimum absolute atomic E-state index is 0.239. The van der Waals surface area contributed by atoms with Crippen molar-refractivity contribution in [3.63, 3.8) is 0 Å². The number of hydrogen-bond acceptors (Lipinski definition) is 4. The second-order valence-corrected chi connectivity index (χ2v) is 6.62. The number of nitrogens with one attached hydrogen (secondary N) is 1. The lowest BCUT2D eigenvalue weighted by Gasteiger charge is -2.22. The zero-order valence-electron chi connectivity index (χ0n) is 13.6. The number of halogens is 2. The Balaban J connectivity index is 1.53. The Morgan fingerprint density at radius 3 is 2.92 bits per heavy atom. The van der Waals surface area contributed by atoms with Crippen LogP contribution in [0.4, 0.5) is 4.39 Å². The molecular formula is C19H18ClFN2O2. The van der Waals surface area contributed by atoms with E-state index < -0.39 is 6.01 Å².